The zero-order valence-electron chi connectivity index (χ0n) is 10.2. The average Bonchev–Trinajstić information content (AvgIpc) is 3.01. The number of nitrogens with one attached hydrogen (secondary N) is 1. The summed E-state index contributed by atoms with van der Waals surface area (Å²) in [5, 5.41) is 6.84. The summed E-state index contributed by atoms with van der Waals surface area (Å²) in [5.74, 6) is 0.750. The van der Waals surface area contributed by atoms with Gasteiger partial charge in [-0.2, -0.15) is 5.10 Å². The molecular weight excluding hydrogens is 232 g/mol. The normalized spacial score (nSPS) is 12.3. The minimum Gasteiger partial charge on any atom is -0.469 e. The molecular formula is C12H16N4O2. The van der Waals surface area contributed by atoms with Gasteiger partial charge in [0.1, 0.15) is 18.4 Å². The highest BCUT2D eigenvalue weighted by Crippen LogP contribution is 2.01. The van der Waals surface area contributed by atoms with Gasteiger partial charge in [0.25, 0.3) is 0 Å². The predicted molar refractivity (Wildman–Crippen MR) is 64.6 cm³/mol. The number of furan rings is 1. The molecule has 0 fully saturated rings. The van der Waals surface area contributed by atoms with Crippen molar-refractivity contribution in [2.75, 3.05) is 6.54 Å². The van der Waals surface area contributed by atoms with Crippen molar-refractivity contribution >= 4 is 5.91 Å². The van der Waals surface area contributed by atoms with E-state index in [9.17, 15) is 4.79 Å². The Kier molecular flexibility index (Phi) is 4.11. The molecule has 96 valence electrons. The van der Waals surface area contributed by atoms with Gasteiger partial charge in [0.2, 0.25) is 5.91 Å². The van der Waals surface area contributed by atoms with Crippen LogP contribution in [0.2, 0.25) is 0 Å². The Morgan fingerprint density at radius 1 is 1.61 bits per heavy atom. The minimum atomic E-state index is -0.136. The molecule has 0 aliphatic rings. The van der Waals surface area contributed by atoms with Crippen LogP contribution in [0.15, 0.2) is 35.5 Å². The van der Waals surface area contributed by atoms with E-state index < -0.39 is 0 Å². The monoisotopic (exact) mass is 248 g/mol. The summed E-state index contributed by atoms with van der Waals surface area (Å²) in [7, 11) is 0. The molecule has 2 aromatic heterocycles. The molecule has 0 aliphatic carbocycles. The van der Waals surface area contributed by atoms with Crippen LogP contribution in [0.3, 0.4) is 0 Å². The maximum atomic E-state index is 11.8. The maximum absolute atomic E-state index is 11.8. The lowest BCUT2D eigenvalue weighted by Crippen LogP contribution is -2.33. The van der Waals surface area contributed by atoms with Crippen LogP contribution in [-0.2, 0) is 17.8 Å². The van der Waals surface area contributed by atoms with Crippen LogP contribution < -0.4 is 5.32 Å². The second kappa shape index (κ2) is 6.00. The lowest BCUT2D eigenvalue weighted by molar-refractivity contribution is -0.124. The summed E-state index contributed by atoms with van der Waals surface area (Å²) in [6, 6.07) is 3.73. The van der Waals surface area contributed by atoms with Gasteiger partial charge in [0, 0.05) is 13.0 Å². The van der Waals surface area contributed by atoms with Crippen LogP contribution in [-0.4, -0.2) is 27.2 Å². The number of nitrogens with zero attached hydrogens (tertiary/aromatic N) is 3. The van der Waals surface area contributed by atoms with Crippen molar-refractivity contribution in [2.24, 2.45) is 5.92 Å². The fourth-order valence-electron chi connectivity index (χ4n) is 1.63. The molecule has 0 saturated carbocycles. The highest BCUT2D eigenvalue weighted by Gasteiger charge is 2.13. The van der Waals surface area contributed by atoms with Crippen LogP contribution in [0.1, 0.15) is 12.7 Å². The molecule has 2 rings (SSSR count). The molecule has 1 N–H and O–H groups in total. The largest absolute Gasteiger partial charge is 0.469 e. The van der Waals surface area contributed by atoms with Crippen molar-refractivity contribution in [2.45, 2.75) is 19.9 Å². The molecule has 0 spiro atoms. The fourth-order valence-corrected chi connectivity index (χ4v) is 1.63. The summed E-state index contributed by atoms with van der Waals surface area (Å²) in [6.07, 6.45) is 5.40. The van der Waals surface area contributed by atoms with E-state index in [0.29, 0.717) is 19.5 Å². The molecule has 6 nitrogen and oxygen atoms in total. The molecule has 0 bridgehead atoms. The van der Waals surface area contributed by atoms with E-state index in [2.05, 4.69) is 15.4 Å². The van der Waals surface area contributed by atoms with Crippen molar-refractivity contribution in [3.63, 3.8) is 0 Å². The van der Waals surface area contributed by atoms with Gasteiger partial charge in [0.15, 0.2) is 0 Å². The lowest BCUT2D eigenvalue weighted by Gasteiger charge is -2.11. The Hall–Kier alpha value is -2.11. The Bertz CT molecular complexity index is 464. The van der Waals surface area contributed by atoms with Crippen LogP contribution in [0.4, 0.5) is 0 Å². The van der Waals surface area contributed by atoms with Gasteiger partial charge in [0.05, 0.1) is 18.7 Å². The highest BCUT2D eigenvalue weighted by molar-refractivity contribution is 5.78. The SMILES string of the molecule is CC(Cn1cncn1)C(=O)NCCc1ccco1. The Labute approximate surface area is 105 Å². The van der Waals surface area contributed by atoms with Crippen LogP contribution in [0, 0.1) is 5.92 Å². The van der Waals surface area contributed by atoms with Crippen molar-refractivity contribution in [1.29, 1.82) is 0 Å². The maximum Gasteiger partial charge on any atom is 0.224 e. The molecule has 0 saturated heterocycles. The standard InChI is InChI=1S/C12H16N4O2/c1-10(7-16-9-13-8-15-16)12(17)14-5-4-11-3-2-6-18-11/h2-3,6,8-10H,4-5,7H2,1H3,(H,14,17). The predicted octanol–water partition coefficient (Wildman–Crippen LogP) is 0.866. The third-order valence-corrected chi connectivity index (χ3v) is 2.63. The zero-order chi connectivity index (χ0) is 12.8. The summed E-state index contributed by atoms with van der Waals surface area (Å²) in [5.41, 5.74) is 0. The number of aromatic nitrogens is 3. The first kappa shape index (κ1) is 12.3. The third-order valence-electron chi connectivity index (χ3n) is 2.63. The van der Waals surface area contributed by atoms with Crippen molar-refractivity contribution in [3.05, 3.63) is 36.8 Å². The number of hydrogen-bond donors (Lipinski definition) is 1. The number of rotatable bonds is 6. The van der Waals surface area contributed by atoms with Crippen molar-refractivity contribution in [3.8, 4) is 0 Å². The zero-order valence-corrected chi connectivity index (χ0v) is 10.2. The van der Waals surface area contributed by atoms with E-state index in [1.165, 1.54) is 6.33 Å². The second-order valence-electron chi connectivity index (χ2n) is 4.14. The van der Waals surface area contributed by atoms with Crippen molar-refractivity contribution in [1.82, 2.24) is 20.1 Å². The van der Waals surface area contributed by atoms with E-state index in [1.807, 2.05) is 19.1 Å². The number of carbonyl (C=O) groups is 1. The van der Waals surface area contributed by atoms with Crippen LogP contribution in [0.25, 0.3) is 0 Å². The summed E-state index contributed by atoms with van der Waals surface area (Å²) in [6.45, 7) is 2.98. The van der Waals surface area contributed by atoms with Gasteiger partial charge in [-0.25, -0.2) is 4.98 Å². The summed E-state index contributed by atoms with van der Waals surface area (Å²) >= 11 is 0. The topological polar surface area (TPSA) is 73.0 Å². The summed E-state index contributed by atoms with van der Waals surface area (Å²) < 4.78 is 6.84. The smallest absolute Gasteiger partial charge is 0.224 e. The number of hydrogen-bond acceptors (Lipinski definition) is 4. The first-order valence-corrected chi connectivity index (χ1v) is 5.88. The molecule has 0 aliphatic heterocycles. The van der Waals surface area contributed by atoms with E-state index >= 15 is 0 Å². The van der Waals surface area contributed by atoms with Crippen molar-refractivity contribution < 1.29 is 9.21 Å². The van der Waals surface area contributed by atoms with Gasteiger partial charge in [-0.15, -0.1) is 0 Å². The Morgan fingerprint density at radius 3 is 3.17 bits per heavy atom. The number of amides is 1. The quantitative estimate of drug-likeness (QED) is 0.823. The highest BCUT2D eigenvalue weighted by atomic mass is 16.3. The third kappa shape index (κ3) is 3.44. The van der Waals surface area contributed by atoms with Gasteiger partial charge in [-0.05, 0) is 12.1 Å². The first-order chi connectivity index (χ1) is 8.75. The van der Waals surface area contributed by atoms with Gasteiger partial charge in [-0.3, -0.25) is 9.48 Å². The first-order valence-electron chi connectivity index (χ1n) is 5.88. The van der Waals surface area contributed by atoms with Crippen LogP contribution >= 0.6 is 0 Å². The molecule has 0 aromatic carbocycles. The second-order valence-corrected chi connectivity index (χ2v) is 4.14. The van der Waals surface area contributed by atoms with Gasteiger partial charge < -0.3 is 9.73 Å². The molecule has 1 atom stereocenters. The van der Waals surface area contributed by atoms with E-state index in [-0.39, 0.29) is 11.8 Å². The van der Waals surface area contributed by atoms with Crippen LogP contribution in [0.5, 0.6) is 0 Å². The molecule has 2 aromatic rings. The number of carbonyl (C=O) groups excluding carboxylic acids is 1. The molecule has 6 heteroatoms. The van der Waals surface area contributed by atoms with Gasteiger partial charge in [-0.1, -0.05) is 6.92 Å². The van der Waals surface area contributed by atoms with E-state index in [0.717, 1.165) is 5.76 Å². The van der Waals surface area contributed by atoms with E-state index in [4.69, 9.17) is 4.42 Å². The van der Waals surface area contributed by atoms with E-state index in [1.54, 1.807) is 17.3 Å². The molecule has 18 heavy (non-hydrogen) atoms. The lowest BCUT2D eigenvalue weighted by atomic mass is 10.1. The molecule has 2 heterocycles. The Morgan fingerprint density at radius 2 is 2.50 bits per heavy atom. The molecule has 0 radical (unpaired) electrons. The summed E-state index contributed by atoms with van der Waals surface area (Å²) in [4.78, 5) is 15.6. The fraction of sp³-hybridized carbons (Fsp3) is 0.417. The minimum absolute atomic E-state index is 0.0112. The molecule has 1 amide bonds. The molecule has 1 unspecified atom stereocenters. The average molecular weight is 248 g/mol. The van der Waals surface area contributed by atoms with Gasteiger partial charge >= 0.3 is 0 Å². The Balaban J connectivity index is 1.70.